The Labute approximate surface area is 177 Å². The quantitative estimate of drug-likeness (QED) is 0.439. The maximum atomic E-state index is 12.7. The van der Waals surface area contributed by atoms with Gasteiger partial charge >= 0.3 is 0 Å². The van der Waals surface area contributed by atoms with Crippen LogP contribution in [-0.2, 0) is 27.4 Å². The molecule has 0 aromatic carbocycles. The lowest BCUT2D eigenvalue weighted by atomic mass is 10.1. The summed E-state index contributed by atoms with van der Waals surface area (Å²) in [6.07, 6.45) is 0.679. The van der Waals surface area contributed by atoms with Crippen molar-refractivity contribution < 1.29 is 19.4 Å². The highest BCUT2D eigenvalue weighted by atomic mass is 32.2. The van der Waals surface area contributed by atoms with Gasteiger partial charge in [-0.3, -0.25) is 24.3 Å². The summed E-state index contributed by atoms with van der Waals surface area (Å²) in [6.45, 7) is 6.83. The molecule has 0 radical (unpaired) electrons. The minimum absolute atomic E-state index is 0.0988. The zero-order chi connectivity index (χ0) is 21.9. The van der Waals surface area contributed by atoms with Gasteiger partial charge in [0.1, 0.15) is 6.54 Å². The number of hydrogen-bond donors (Lipinski definition) is 3. The molecule has 3 rings (SSSR count). The molecule has 2 amide bonds. The van der Waals surface area contributed by atoms with Crippen molar-refractivity contribution in [2.45, 2.75) is 51.0 Å². The average Bonchev–Trinajstić information content (AvgIpc) is 3.21. The fourth-order valence-electron chi connectivity index (χ4n) is 3.17. The highest BCUT2D eigenvalue weighted by molar-refractivity contribution is 7.99. The number of hydrogen-bond acceptors (Lipinski definition) is 8. The summed E-state index contributed by atoms with van der Waals surface area (Å²) in [5.41, 5.74) is -0.378. The first kappa shape index (κ1) is 22.2. The van der Waals surface area contributed by atoms with E-state index in [2.05, 4.69) is 20.6 Å². The third-order valence-corrected chi connectivity index (χ3v) is 5.59. The Morgan fingerprint density at radius 2 is 2.13 bits per heavy atom. The van der Waals surface area contributed by atoms with Crippen LogP contribution in [0.4, 0.5) is 5.95 Å². The number of rotatable bonds is 10. The molecule has 0 unspecified atom stereocenters. The number of nitrogens with zero attached hydrogens (tertiary/aromatic N) is 4. The Hall–Kier alpha value is -2.44. The Morgan fingerprint density at radius 1 is 1.37 bits per heavy atom. The van der Waals surface area contributed by atoms with Crippen LogP contribution in [0.15, 0.2) is 9.95 Å². The molecule has 11 nitrogen and oxygen atoms in total. The minimum Gasteiger partial charge on any atom is -0.395 e. The monoisotopic (exact) mass is 438 g/mol. The fraction of sp³-hybridized carbons (Fsp3) is 0.611. The molecule has 0 saturated carbocycles. The lowest BCUT2D eigenvalue weighted by molar-refractivity contribution is -0.119. The number of aromatic nitrogens is 4. The van der Waals surface area contributed by atoms with E-state index in [1.165, 1.54) is 4.57 Å². The molecule has 2 aromatic rings. The molecule has 0 fully saturated rings. The molecule has 1 aliphatic heterocycles. The normalized spacial score (nSPS) is 13.5. The van der Waals surface area contributed by atoms with Gasteiger partial charge in [-0.15, -0.1) is 0 Å². The summed E-state index contributed by atoms with van der Waals surface area (Å²) in [5.74, 6) is -0.237. The molecule has 0 aliphatic carbocycles. The number of amides is 2. The number of carbonyl (C=O) groups excluding carboxylic acids is 2. The number of carbonyl (C=O) groups is 2. The Balaban J connectivity index is 1.71. The molecule has 1 aliphatic rings. The summed E-state index contributed by atoms with van der Waals surface area (Å²) in [6, 6.07) is 0. The molecule has 164 valence electrons. The highest BCUT2D eigenvalue weighted by Crippen LogP contribution is 2.23. The van der Waals surface area contributed by atoms with E-state index in [1.807, 2.05) is 20.8 Å². The molecule has 0 atom stereocenters. The van der Waals surface area contributed by atoms with Crippen molar-refractivity contribution in [3.05, 3.63) is 10.4 Å². The van der Waals surface area contributed by atoms with Gasteiger partial charge in [-0.1, -0.05) is 11.8 Å². The number of nitrogens with one attached hydrogen (secondary N) is 2. The van der Waals surface area contributed by atoms with Crippen molar-refractivity contribution in [2.24, 2.45) is 0 Å². The van der Waals surface area contributed by atoms with Gasteiger partial charge in [0.2, 0.25) is 17.8 Å². The maximum absolute atomic E-state index is 12.7. The van der Waals surface area contributed by atoms with Gasteiger partial charge < -0.3 is 19.7 Å². The molecule has 0 spiro atoms. The first-order valence-electron chi connectivity index (χ1n) is 9.71. The van der Waals surface area contributed by atoms with Gasteiger partial charge in [0.25, 0.3) is 5.56 Å². The smallest absolute Gasteiger partial charge is 0.283 e. The molecule has 0 saturated heterocycles. The van der Waals surface area contributed by atoms with Crippen LogP contribution in [0.2, 0.25) is 0 Å². The molecule has 3 N–H and O–H groups in total. The summed E-state index contributed by atoms with van der Waals surface area (Å²) in [5, 5.41) is 15.2. The van der Waals surface area contributed by atoms with Crippen molar-refractivity contribution in [3.8, 4) is 0 Å². The predicted molar refractivity (Wildman–Crippen MR) is 112 cm³/mol. The number of imidazole rings is 1. The molecular weight excluding hydrogens is 412 g/mol. The van der Waals surface area contributed by atoms with Crippen LogP contribution in [-0.4, -0.2) is 67.1 Å². The summed E-state index contributed by atoms with van der Waals surface area (Å²) >= 11 is 1.16. The third kappa shape index (κ3) is 4.82. The van der Waals surface area contributed by atoms with Crippen molar-refractivity contribution in [1.29, 1.82) is 0 Å². The summed E-state index contributed by atoms with van der Waals surface area (Å²) in [4.78, 5) is 45.1. The van der Waals surface area contributed by atoms with Crippen molar-refractivity contribution in [2.75, 3.05) is 30.8 Å². The second kappa shape index (κ2) is 9.14. The Morgan fingerprint density at radius 3 is 2.83 bits per heavy atom. The van der Waals surface area contributed by atoms with Crippen LogP contribution in [0, 0.1) is 0 Å². The van der Waals surface area contributed by atoms with E-state index in [9.17, 15) is 19.5 Å². The van der Waals surface area contributed by atoms with Gasteiger partial charge in [-0.2, -0.15) is 4.98 Å². The van der Waals surface area contributed by atoms with Crippen LogP contribution in [0.3, 0.4) is 0 Å². The Kier molecular flexibility index (Phi) is 6.78. The van der Waals surface area contributed by atoms with Crippen LogP contribution in [0.1, 0.15) is 27.2 Å². The lowest BCUT2D eigenvalue weighted by Gasteiger charge is -2.24. The second-order valence-electron chi connectivity index (χ2n) is 7.40. The van der Waals surface area contributed by atoms with Crippen LogP contribution < -0.4 is 16.2 Å². The molecule has 3 heterocycles. The van der Waals surface area contributed by atoms with Crippen LogP contribution in [0.5, 0.6) is 0 Å². The maximum Gasteiger partial charge on any atom is 0.283 e. The first-order valence-corrected chi connectivity index (χ1v) is 10.7. The molecule has 2 aromatic heterocycles. The van der Waals surface area contributed by atoms with E-state index in [-0.39, 0.29) is 60.0 Å². The van der Waals surface area contributed by atoms with E-state index in [1.54, 1.807) is 4.57 Å². The zero-order valence-corrected chi connectivity index (χ0v) is 18.0. The fourth-order valence-corrected chi connectivity index (χ4v) is 4.03. The van der Waals surface area contributed by atoms with Crippen LogP contribution >= 0.6 is 11.8 Å². The van der Waals surface area contributed by atoms with Crippen LogP contribution in [0.25, 0.3) is 11.2 Å². The number of ether oxygens (including phenoxy) is 1. The van der Waals surface area contributed by atoms with E-state index in [0.717, 1.165) is 11.8 Å². The second-order valence-corrected chi connectivity index (χ2v) is 8.34. The molecular formula is C18H26N6O5S. The van der Waals surface area contributed by atoms with Gasteiger partial charge in [0.15, 0.2) is 16.3 Å². The number of thioether (sulfide) groups is 1. The molecule has 0 bridgehead atoms. The Bertz CT molecular complexity index is 1010. The first-order chi connectivity index (χ1) is 14.3. The van der Waals surface area contributed by atoms with E-state index in [0.29, 0.717) is 24.7 Å². The van der Waals surface area contributed by atoms with Crippen molar-refractivity contribution >= 4 is 40.7 Å². The summed E-state index contributed by atoms with van der Waals surface area (Å²) in [7, 11) is 0. The molecule has 30 heavy (non-hydrogen) atoms. The predicted octanol–water partition coefficient (Wildman–Crippen LogP) is -0.0491. The van der Waals surface area contributed by atoms with Gasteiger partial charge in [-0.05, 0) is 27.2 Å². The van der Waals surface area contributed by atoms with E-state index >= 15 is 0 Å². The lowest BCUT2D eigenvalue weighted by Crippen LogP contribution is -2.33. The summed E-state index contributed by atoms with van der Waals surface area (Å²) < 4.78 is 8.42. The average molecular weight is 439 g/mol. The topological polar surface area (TPSA) is 140 Å². The number of anilines is 1. The van der Waals surface area contributed by atoms with Crippen molar-refractivity contribution in [3.63, 3.8) is 0 Å². The largest absolute Gasteiger partial charge is 0.395 e. The van der Waals surface area contributed by atoms with Gasteiger partial charge in [0.05, 0.1) is 18.0 Å². The van der Waals surface area contributed by atoms with Crippen molar-refractivity contribution in [1.82, 2.24) is 24.4 Å². The number of aliphatic hydroxyl groups excluding tert-OH is 1. The number of fused-ring (bicyclic) bond motifs is 2. The highest BCUT2D eigenvalue weighted by Gasteiger charge is 2.25. The van der Waals surface area contributed by atoms with E-state index < -0.39 is 5.56 Å². The zero-order valence-electron chi connectivity index (χ0n) is 17.2. The van der Waals surface area contributed by atoms with E-state index in [4.69, 9.17) is 4.74 Å². The third-order valence-electron chi connectivity index (χ3n) is 4.61. The standard InChI is InChI=1S/C18H26N6O5S/c1-4-29-18(2,3)5-6-19-12(27)10-30-17-21-13-14(23(17)7-8-25)22-16-20-11(26)9-24(16)15(13)28/h25H,4-10H2,1-3H3,(H,19,27)(H,20,22,26). The van der Waals surface area contributed by atoms with Gasteiger partial charge in [-0.25, -0.2) is 4.98 Å². The number of aliphatic hydroxyl groups is 1. The molecule has 12 heteroatoms. The SMILES string of the molecule is CCOC(C)(C)CCNC(=O)CSc1nc2c(=O)n3c(nc2n1CCO)NC(=O)C3. The van der Waals surface area contributed by atoms with Gasteiger partial charge in [0, 0.05) is 19.7 Å². The minimum atomic E-state index is -0.436.